The van der Waals surface area contributed by atoms with Crippen molar-refractivity contribution in [1.29, 1.82) is 0 Å². The normalized spacial score (nSPS) is 15.2. The molecule has 0 saturated carbocycles. The van der Waals surface area contributed by atoms with E-state index in [2.05, 4.69) is 5.32 Å². The van der Waals surface area contributed by atoms with Crippen molar-refractivity contribution in [2.45, 2.75) is 39.7 Å². The molecule has 1 aromatic carbocycles. The maximum Gasteiger partial charge on any atom is 0.308 e. The molecule has 0 fully saturated rings. The molecule has 0 radical (unpaired) electrons. The summed E-state index contributed by atoms with van der Waals surface area (Å²) in [7, 11) is 0. The third-order valence-corrected chi connectivity index (χ3v) is 3.60. The Morgan fingerprint density at radius 3 is 2.30 bits per heavy atom. The van der Waals surface area contributed by atoms with Crippen molar-refractivity contribution in [1.82, 2.24) is 5.32 Å². The molecule has 0 aliphatic rings. The Balaban J connectivity index is 2.84. The number of aliphatic carboxylic acids is 1. The maximum atomic E-state index is 12.0. The molecule has 0 bridgehead atoms. The van der Waals surface area contributed by atoms with Crippen LogP contribution in [0.1, 0.15) is 45.2 Å². The molecule has 0 saturated heterocycles. The first-order valence-corrected chi connectivity index (χ1v) is 7.02. The van der Waals surface area contributed by atoms with E-state index in [-0.39, 0.29) is 5.91 Å². The minimum absolute atomic E-state index is 0.0960. The van der Waals surface area contributed by atoms with Crippen LogP contribution >= 0.6 is 0 Å². The SMILES string of the molecule is CCC(C)CC(=O)NC(c1ccccc1)C(C)C(=O)O. The molecule has 3 unspecified atom stereocenters. The zero-order chi connectivity index (χ0) is 15.1. The number of carbonyl (C=O) groups excluding carboxylic acids is 1. The van der Waals surface area contributed by atoms with Crippen LogP contribution < -0.4 is 5.32 Å². The molecule has 4 nitrogen and oxygen atoms in total. The second kappa shape index (κ2) is 7.68. The van der Waals surface area contributed by atoms with Gasteiger partial charge >= 0.3 is 5.97 Å². The Kier molecular flexibility index (Phi) is 6.22. The third kappa shape index (κ3) is 4.68. The quantitative estimate of drug-likeness (QED) is 0.805. The van der Waals surface area contributed by atoms with Crippen molar-refractivity contribution < 1.29 is 14.7 Å². The van der Waals surface area contributed by atoms with E-state index in [0.29, 0.717) is 12.3 Å². The van der Waals surface area contributed by atoms with Gasteiger partial charge in [0, 0.05) is 6.42 Å². The zero-order valence-electron chi connectivity index (χ0n) is 12.3. The average molecular weight is 277 g/mol. The number of carboxylic acid groups (broad SMARTS) is 1. The Hall–Kier alpha value is -1.84. The lowest BCUT2D eigenvalue weighted by Gasteiger charge is -2.23. The summed E-state index contributed by atoms with van der Waals surface area (Å²) in [4.78, 5) is 23.2. The molecule has 0 heterocycles. The summed E-state index contributed by atoms with van der Waals surface area (Å²) in [6, 6.07) is 8.74. The smallest absolute Gasteiger partial charge is 0.308 e. The monoisotopic (exact) mass is 277 g/mol. The minimum atomic E-state index is -0.914. The third-order valence-electron chi connectivity index (χ3n) is 3.60. The Bertz CT molecular complexity index is 444. The summed E-state index contributed by atoms with van der Waals surface area (Å²) in [6.45, 7) is 5.66. The fourth-order valence-corrected chi connectivity index (χ4v) is 1.99. The molecule has 1 aromatic rings. The van der Waals surface area contributed by atoms with Crippen LogP contribution in [0.5, 0.6) is 0 Å². The van der Waals surface area contributed by atoms with Gasteiger partial charge in [-0.2, -0.15) is 0 Å². The second-order valence-electron chi connectivity index (χ2n) is 5.30. The van der Waals surface area contributed by atoms with Crippen LogP contribution in [-0.4, -0.2) is 17.0 Å². The van der Waals surface area contributed by atoms with E-state index in [9.17, 15) is 14.7 Å². The molecule has 20 heavy (non-hydrogen) atoms. The lowest BCUT2D eigenvalue weighted by Crippen LogP contribution is -2.36. The second-order valence-corrected chi connectivity index (χ2v) is 5.30. The number of rotatable bonds is 7. The topological polar surface area (TPSA) is 66.4 Å². The van der Waals surface area contributed by atoms with E-state index in [4.69, 9.17) is 0 Å². The highest BCUT2D eigenvalue weighted by Crippen LogP contribution is 2.22. The van der Waals surface area contributed by atoms with Gasteiger partial charge in [-0.05, 0) is 18.4 Å². The Morgan fingerprint density at radius 2 is 1.80 bits per heavy atom. The Morgan fingerprint density at radius 1 is 1.20 bits per heavy atom. The predicted octanol–water partition coefficient (Wildman–Crippen LogP) is 3.00. The molecule has 110 valence electrons. The molecule has 0 aliphatic carbocycles. The molecule has 2 N–H and O–H groups in total. The number of amides is 1. The first kappa shape index (κ1) is 16.2. The van der Waals surface area contributed by atoms with Crippen molar-refractivity contribution in [3.05, 3.63) is 35.9 Å². The van der Waals surface area contributed by atoms with E-state index in [0.717, 1.165) is 12.0 Å². The predicted molar refractivity (Wildman–Crippen MR) is 78.2 cm³/mol. The largest absolute Gasteiger partial charge is 0.481 e. The van der Waals surface area contributed by atoms with Crippen LogP contribution in [0.2, 0.25) is 0 Å². The number of carboxylic acids is 1. The van der Waals surface area contributed by atoms with Gasteiger partial charge in [-0.3, -0.25) is 9.59 Å². The molecule has 1 amide bonds. The van der Waals surface area contributed by atoms with E-state index >= 15 is 0 Å². The average Bonchev–Trinajstić information content (AvgIpc) is 2.44. The lowest BCUT2D eigenvalue weighted by atomic mass is 9.94. The molecule has 0 spiro atoms. The van der Waals surface area contributed by atoms with Crippen molar-refractivity contribution in [3.63, 3.8) is 0 Å². The van der Waals surface area contributed by atoms with Gasteiger partial charge in [-0.25, -0.2) is 0 Å². The highest BCUT2D eigenvalue weighted by molar-refractivity contribution is 5.78. The molecule has 3 atom stereocenters. The van der Waals surface area contributed by atoms with Crippen LogP contribution in [0.3, 0.4) is 0 Å². The van der Waals surface area contributed by atoms with Gasteiger partial charge < -0.3 is 10.4 Å². The summed E-state index contributed by atoms with van der Waals surface area (Å²) < 4.78 is 0. The lowest BCUT2D eigenvalue weighted by molar-refractivity contribution is -0.142. The van der Waals surface area contributed by atoms with Gasteiger partial charge in [0.2, 0.25) is 5.91 Å². The molecule has 0 aromatic heterocycles. The molecule has 1 rings (SSSR count). The summed E-state index contributed by atoms with van der Waals surface area (Å²) in [6.07, 6.45) is 1.35. The molecule has 4 heteroatoms. The van der Waals surface area contributed by atoms with Crippen molar-refractivity contribution in [2.24, 2.45) is 11.8 Å². The number of nitrogens with one attached hydrogen (secondary N) is 1. The minimum Gasteiger partial charge on any atom is -0.481 e. The standard InChI is InChI=1S/C16H23NO3/c1-4-11(2)10-14(18)17-15(12(3)16(19)20)13-8-6-5-7-9-13/h5-9,11-12,15H,4,10H2,1-3H3,(H,17,18)(H,19,20). The molecule has 0 aliphatic heterocycles. The van der Waals surface area contributed by atoms with Crippen LogP contribution in [0.4, 0.5) is 0 Å². The van der Waals surface area contributed by atoms with Crippen molar-refractivity contribution >= 4 is 11.9 Å². The summed E-state index contributed by atoms with van der Waals surface area (Å²) >= 11 is 0. The number of hydrogen-bond donors (Lipinski definition) is 2. The van der Waals surface area contributed by atoms with E-state index in [1.165, 1.54) is 0 Å². The Labute approximate surface area is 120 Å². The van der Waals surface area contributed by atoms with Crippen LogP contribution in [-0.2, 0) is 9.59 Å². The van der Waals surface area contributed by atoms with E-state index in [1.54, 1.807) is 6.92 Å². The fraction of sp³-hybridized carbons (Fsp3) is 0.500. The summed E-state index contributed by atoms with van der Waals surface area (Å²) in [5.41, 5.74) is 0.819. The van der Waals surface area contributed by atoms with Crippen LogP contribution in [0.25, 0.3) is 0 Å². The highest BCUT2D eigenvalue weighted by Gasteiger charge is 2.26. The van der Waals surface area contributed by atoms with Gasteiger partial charge in [0.1, 0.15) is 0 Å². The maximum absolute atomic E-state index is 12.0. The van der Waals surface area contributed by atoms with Gasteiger partial charge in [-0.15, -0.1) is 0 Å². The van der Waals surface area contributed by atoms with Gasteiger partial charge in [0.05, 0.1) is 12.0 Å². The molecular weight excluding hydrogens is 254 g/mol. The van der Waals surface area contributed by atoms with Crippen LogP contribution in [0, 0.1) is 11.8 Å². The van der Waals surface area contributed by atoms with Gasteiger partial charge in [-0.1, -0.05) is 50.6 Å². The van der Waals surface area contributed by atoms with Gasteiger partial charge in [0.15, 0.2) is 0 Å². The van der Waals surface area contributed by atoms with Crippen molar-refractivity contribution in [2.75, 3.05) is 0 Å². The fourth-order valence-electron chi connectivity index (χ4n) is 1.99. The first-order valence-electron chi connectivity index (χ1n) is 7.02. The summed E-state index contributed by atoms with van der Waals surface area (Å²) in [5.74, 6) is -1.38. The first-order chi connectivity index (χ1) is 9.45. The highest BCUT2D eigenvalue weighted by atomic mass is 16.4. The number of hydrogen-bond acceptors (Lipinski definition) is 2. The number of benzene rings is 1. The van der Waals surface area contributed by atoms with Gasteiger partial charge in [0.25, 0.3) is 0 Å². The van der Waals surface area contributed by atoms with Crippen LogP contribution in [0.15, 0.2) is 30.3 Å². The van der Waals surface area contributed by atoms with E-state index in [1.807, 2.05) is 44.2 Å². The van der Waals surface area contributed by atoms with E-state index < -0.39 is 17.9 Å². The molecular formula is C16H23NO3. The summed E-state index contributed by atoms with van der Waals surface area (Å²) in [5, 5.41) is 12.1. The van der Waals surface area contributed by atoms with Crippen molar-refractivity contribution in [3.8, 4) is 0 Å². The number of carbonyl (C=O) groups is 2. The zero-order valence-corrected chi connectivity index (χ0v) is 12.3.